The smallest absolute Gasteiger partial charge is 0.257 e. The van der Waals surface area contributed by atoms with Crippen LogP contribution in [0.15, 0.2) is 40.9 Å². The van der Waals surface area contributed by atoms with Crippen LogP contribution in [-0.4, -0.2) is 19.1 Å². The molecule has 6 heteroatoms. The number of benzene rings is 2. The number of para-hydroxylation sites is 1. The first-order valence-electron chi connectivity index (χ1n) is 6.30. The summed E-state index contributed by atoms with van der Waals surface area (Å²) in [6.07, 6.45) is 0. The van der Waals surface area contributed by atoms with Gasteiger partial charge in [-0.25, -0.2) is 4.39 Å². The fourth-order valence-electron chi connectivity index (χ4n) is 1.99. The van der Waals surface area contributed by atoms with Gasteiger partial charge in [-0.1, -0.05) is 12.1 Å². The number of nitrogens with one attached hydrogen (secondary N) is 1. The van der Waals surface area contributed by atoms with Gasteiger partial charge >= 0.3 is 0 Å². The van der Waals surface area contributed by atoms with Gasteiger partial charge in [0.25, 0.3) is 5.91 Å². The zero-order valence-corrected chi connectivity index (χ0v) is 12.4. The number of hydrogen-bond donors (Lipinski definition) is 1. The molecule has 108 valence electrons. The van der Waals surface area contributed by atoms with Crippen LogP contribution in [0.4, 0.5) is 10.1 Å². The summed E-state index contributed by atoms with van der Waals surface area (Å²) in [6.45, 7) is 0.906. The number of fused-ring (bicyclic) bond motifs is 1. The van der Waals surface area contributed by atoms with Crippen molar-refractivity contribution in [2.75, 3.05) is 18.5 Å². The molecule has 0 aromatic heterocycles. The average molecular weight is 352 g/mol. The molecule has 0 saturated carbocycles. The first-order chi connectivity index (χ1) is 10.1. The van der Waals surface area contributed by atoms with Crippen LogP contribution < -0.4 is 14.8 Å². The number of anilines is 1. The molecule has 0 fully saturated rings. The molecular formula is C15H11BrFNO3. The van der Waals surface area contributed by atoms with Crippen molar-refractivity contribution in [3.8, 4) is 11.5 Å². The van der Waals surface area contributed by atoms with Crippen LogP contribution in [0.1, 0.15) is 10.4 Å². The van der Waals surface area contributed by atoms with Crippen molar-refractivity contribution in [1.82, 2.24) is 0 Å². The largest absolute Gasteiger partial charge is 0.486 e. The zero-order valence-electron chi connectivity index (χ0n) is 10.9. The lowest BCUT2D eigenvalue weighted by Gasteiger charge is -2.19. The predicted octanol–water partition coefficient (Wildman–Crippen LogP) is 3.61. The van der Waals surface area contributed by atoms with E-state index in [1.807, 2.05) is 0 Å². The van der Waals surface area contributed by atoms with E-state index in [4.69, 9.17) is 9.47 Å². The van der Waals surface area contributed by atoms with Gasteiger partial charge in [0, 0.05) is 4.47 Å². The number of ether oxygens (including phenoxy) is 2. The van der Waals surface area contributed by atoms with Gasteiger partial charge in [-0.2, -0.15) is 0 Å². The van der Waals surface area contributed by atoms with E-state index in [2.05, 4.69) is 21.2 Å². The van der Waals surface area contributed by atoms with Gasteiger partial charge in [0.15, 0.2) is 11.5 Å². The summed E-state index contributed by atoms with van der Waals surface area (Å²) in [5.41, 5.74) is 0.479. The second kappa shape index (κ2) is 5.73. The maximum atomic E-state index is 13.6. The molecule has 1 aliphatic rings. The summed E-state index contributed by atoms with van der Waals surface area (Å²) < 4.78 is 25.0. The minimum Gasteiger partial charge on any atom is -0.486 e. The van der Waals surface area contributed by atoms with Crippen LogP contribution in [0.2, 0.25) is 0 Å². The fourth-order valence-corrected chi connectivity index (χ4v) is 2.49. The molecule has 0 spiro atoms. The van der Waals surface area contributed by atoms with E-state index in [0.717, 1.165) is 0 Å². The Bertz CT molecular complexity index is 705. The lowest BCUT2D eigenvalue weighted by atomic mass is 10.1. The molecular weight excluding hydrogens is 341 g/mol. The fraction of sp³-hybridized carbons (Fsp3) is 0.133. The van der Waals surface area contributed by atoms with Gasteiger partial charge in [0.05, 0.1) is 11.3 Å². The molecule has 0 saturated heterocycles. The van der Waals surface area contributed by atoms with Crippen LogP contribution in [0.3, 0.4) is 0 Å². The molecule has 21 heavy (non-hydrogen) atoms. The Balaban J connectivity index is 1.89. The van der Waals surface area contributed by atoms with Gasteiger partial charge in [-0.15, -0.1) is 0 Å². The number of rotatable bonds is 2. The molecule has 0 atom stereocenters. The van der Waals surface area contributed by atoms with Gasteiger partial charge in [-0.3, -0.25) is 4.79 Å². The number of carbonyl (C=O) groups is 1. The molecule has 0 aliphatic carbocycles. The highest BCUT2D eigenvalue weighted by atomic mass is 79.9. The second-order valence-electron chi connectivity index (χ2n) is 4.41. The summed E-state index contributed by atoms with van der Waals surface area (Å²) in [5, 5.41) is 2.53. The lowest BCUT2D eigenvalue weighted by molar-refractivity contribution is 0.102. The summed E-state index contributed by atoms with van der Waals surface area (Å²) in [6, 6.07) is 9.25. The minimum atomic E-state index is -0.487. The molecule has 0 radical (unpaired) electrons. The molecule has 4 nitrogen and oxygen atoms in total. The highest BCUT2D eigenvalue weighted by Crippen LogP contribution is 2.35. The Kier molecular flexibility index (Phi) is 3.79. The Labute approximate surface area is 129 Å². The van der Waals surface area contributed by atoms with Crippen molar-refractivity contribution in [2.45, 2.75) is 0 Å². The van der Waals surface area contributed by atoms with Crippen LogP contribution in [0.25, 0.3) is 0 Å². The molecule has 0 unspecified atom stereocenters. The summed E-state index contributed by atoms with van der Waals surface area (Å²) in [7, 11) is 0. The standard InChI is InChI=1S/C15H11BrFNO3/c16-10-8-14-13(20-5-6-21-14)7-9(10)15(19)18-12-4-2-1-3-11(12)17/h1-4,7-8H,5-6H2,(H,18,19). The molecule has 0 bridgehead atoms. The van der Waals surface area contributed by atoms with Crippen molar-refractivity contribution in [3.63, 3.8) is 0 Å². The molecule has 1 N–H and O–H groups in total. The van der Waals surface area contributed by atoms with E-state index in [1.54, 1.807) is 24.3 Å². The van der Waals surface area contributed by atoms with Crippen molar-refractivity contribution in [1.29, 1.82) is 0 Å². The van der Waals surface area contributed by atoms with E-state index in [-0.39, 0.29) is 5.69 Å². The highest BCUT2D eigenvalue weighted by molar-refractivity contribution is 9.10. The molecule has 2 aromatic carbocycles. The first-order valence-corrected chi connectivity index (χ1v) is 7.09. The lowest BCUT2D eigenvalue weighted by Crippen LogP contribution is -2.18. The van der Waals surface area contributed by atoms with Gasteiger partial charge in [0.1, 0.15) is 19.0 Å². The first kappa shape index (κ1) is 13.9. The maximum absolute atomic E-state index is 13.6. The van der Waals surface area contributed by atoms with Gasteiger partial charge in [-0.05, 0) is 40.2 Å². The molecule has 1 heterocycles. The van der Waals surface area contributed by atoms with Gasteiger partial charge in [0.2, 0.25) is 0 Å². The Morgan fingerprint density at radius 2 is 1.81 bits per heavy atom. The van der Waals surface area contributed by atoms with Crippen LogP contribution in [0, 0.1) is 5.82 Å². The second-order valence-corrected chi connectivity index (χ2v) is 5.26. The predicted molar refractivity (Wildman–Crippen MR) is 79.5 cm³/mol. The summed E-state index contributed by atoms with van der Waals surface area (Å²) in [5.74, 6) is 0.169. The average Bonchev–Trinajstić information content (AvgIpc) is 2.49. The summed E-state index contributed by atoms with van der Waals surface area (Å²) >= 11 is 3.32. The topological polar surface area (TPSA) is 47.6 Å². The Hall–Kier alpha value is -2.08. The minimum absolute atomic E-state index is 0.129. The third-order valence-corrected chi connectivity index (χ3v) is 3.65. The van der Waals surface area contributed by atoms with Crippen molar-refractivity contribution in [2.24, 2.45) is 0 Å². The Morgan fingerprint density at radius 3 is 2.52 bits per heavy atom. The zero-order chi connectivity index (χ0) is 14.8. The normalized spacial score (nSPS) is 12.9. The summed E-state index contributed by atoms with van der Waals surface area (Å²) in [4.78, 5) is 12.3. The van der Waals surface area contributed by atoms with Crippen molar-refractivity contribution >= 4 is 27.5 Å². The van der Waals surface area contributed by atoms with Crippen LogP contribution in [0.5, 0.6) is 11.5 Å². The van der Waals surface area contributed by atoms with E-state index in [1.165, 1.54) is 12.1 Å². The number of hydrogen-bond acceptors (Lipinski definition) is 3. The highest BCUT2D eigenvalue weighted by Gasteiger charge is 2.19. The van der Waals surface area contributed by atoms with Crippen LogP contribution in [-0.2, 0) is 0 Å². The van der Waals surface area contributed by atoms with E-state index < -0.39 is 11.7 Å². The third-order valence-electron chi connectivity index (χ3n) is 3.00. The monoisotopic (exact) mass is 351 g/mol. The molecule has 3 rings (SSSR count). The number of amides is 1. The quantitative estimate of drug-likeness (QED) is 0.898. The molecule has 1 aliphatic heterocycles. The van der Waals surface area contributed by atoms with E-state index in [0.29, 0.717) is 34.7 Å². The Morgan fingerprint density at radius 1 is 1.14 bits per heavy atom. The molecule has 1 amide bonds. The van der Waals surface area contributed by atoms with Gasteiger partial charge < -0.3 is 14.8 Å². The van der Waals surface area contributed by atoms with Crippen LogP contribution >= 0.6 is 15.9 Å². The maximum Gasteiger partial charge on any atom is 0.257 e. The van der Waals surface area contributed by atoms with E-state index >= 15 is 0 Å². The van der Waals surface area contributed by atoms with Crippen molar-refractivity contribution < 1.29 is 18.7 Å². The number of carbonyl (C=O) groups excluding carboxylic acids is 1. The number of halogens is 2. The molecule has 2 aromatic rings. The van der Waals surface area contributed by atoms with E-state index in [9.17, 15) is 9.18 Å². The SMILES string of the molecule is O=C(Nc1ccccc1F)c1cc2c(cc1Br)OCCO2. The van der Waals surface area contributed by atoms with Crippen molar-refractivity contribution in [3.05, 3.63) is 52.3 Å². The third kappa shape index (κ3) is 2.85.